The van der Waals surface area contributed by atoms with Gasteiger partial charge in [-0.25, -0.2) is 0 Å². The van der Waals surface area contributed by atoms with Gasteiger partial charge in [-0.2, -0.15) is 0 Å². The summed E-state index contributed by atoms with van der Waals surface area (Å²) in [5.74, 6) is 0.0280. The molecule has 2 N–H and O–H groups in total. The fraction of sp³-hybridized carbons (Fsp3) is 0.190. The molecule has 1 atom stereocenters. The molecule has 0 radical (unpaired) electrons. The topological polar surface area (TPSA) is 49.3 Å². The standard InChI is InChI=1S/C21H21NO2/c23-13-12-20(16-6-2-1-3-7-16)15-22-21(24)19-11-10-17-8-4-5-9-18(17)14-19/h1-11,14,20,23H,12-13,15H2,(H,22,24). The van der Waals surface area contributed by atoms with Crippen LogP contribution in [-0.4, -0.2) is 24.2 Å². The van der Waals surface area contributed by atoms with E-state index in [1.54, 1.807) is 0 Å². The van der Waals surface area contributed by atoms with E-state index in [0.717, 1.165) is 16.3 Å². The molecule has 0 heterocycles. The van der Waals surface area contributed by atoms with E-state index in [9.17, 15) is 9.90 Å². The minimum Gasteiger partial charge on any atom is -0.396 e. The van der Waals surface area contributed by atoms with Crippen LogP contribution in [0.5, 0.6) is 0 Å². The molecule has 0 saturated heterocycles. The van der Waals surface area contributed by atoms with E-state index in [1.165, 1.54) is 0 Å². The molecule has 0 aliphatic rings. The number of carbonyl (C=O) groups is 1. The quantitative estimate of drug-likeness (QED) is 0.727. The van der Waals surface area contributed by atoms with Gasteiger partial charge in [-0.15, -0.1) is 0 Å². The summed E-state index contributed by atoms with van der Waals surface area (Å²) in [7, 11) is 0. The first kappa shape index (κ1) is 16.2. The summed E-state index contributed by atoms with van der Waals surface area (Å²) in [4.78, 5) is 12.5. The van der Waals surface area contributed by atoms with Gasteiger partial charge in [0.1, 0.15) is 0 Å². The lowest BCUT2D eigenvalue weighted by Crippen LogP contribution is -2.28. The van der Waals surface area contributed by atoms with E-state index in [1.807, 2.05) is 72.8 Å². The Labute approximate surface area is 142 Å². The molecule has 3 rings (SSSR count). The lowest BCUT2D eigenvalue weighted by molar-refractivity contribution is 0.0949. The van der Waals surface area contributed by atoms with E-state index in [0.29, 0.717) is 18.5 Å². The van der Waals surface area contributed by atoms with Crippen molar-refractivity contribution < 1.29 is 9.90 Å². The maximum atomic E-state index is 12.5. The van der Waals surface area contributed by atoms with Crippen LogP contribution in [0.4, 0.5) is 0 Å². The summed E-state index contributed by atoms with van der Waals surface area (Å²) in [6.45, 7) is 0.613. The predicted octanol–water partition coefficient (Wildman–Crippen LogP) is 3.74. The maximum Gasteiger partial charge on any atom is 0.251 e. The van der Waals surface area contributed by atoms with Crippen molar-refractivity contribution in [1.29, 1.82) is 0 Å². The second kappa shape index (κ2) is 7.75. The molecule has 0 aromatic heterocycles. The SMILES string of the molecule is O=C(NCC(CCO)c1ccccc1)c1ccc2ccccc2c1. The Morgan fingerprint density at radius 2 is 1.62 bits per heavy atom. The predicted molar refractivity (Wildman–Crippen MR) is 97.2 cm³/mol. The molecular weight excluding hydrogens is 298 g/mol. The zero-order valence-corrected chi connectivity index (χ0v) is 13.5. The number of rotatable bonds is 6. The van der Waals surface area contributed by atoms with Crippen LogP contribution in [0.25, 0.3) is 10.8 Å². The number of aliphatic hydroxyl groups is 1. The zero-order valence-electron chi connectivity index (χ0n) is 13.5. The molecule has 0 saturated carbocycles. The highest BCUT2D eigenvalue weighted by atomic mass is 16.3. The van der Waals surface area contributed by atoms with Crippen LogP contribution >= 0.6 is 0 Å². The highest BCUT2D eigenvalue weighted by molar-refractivity contribution is 5.98. The van der Waals surface area contributed by atoms with Crippen LogP contribution in [0.15, 0.2) is 72.8 Å². The largest absolute Gasteiger partial charge is 0.396 e. The van der Waals surface area contributed by atoms with E-state index in [-0.39, 0.29) is 18.4 Å². The lowest BCUT2D eigenvalue weighted by Gasteiger charge is -2.17. The van der Waals surface area contributed by atoms with E-state index >= 15 is 0 Å². The Kier molecular flexibility index (Phi) is 5.24. The minimum atomic E-state index is -0.0837. The molecule has 1 amide bonds. The van der Waals surface area contributed by atoms with Gasteiger partial charge in [0.25, 0.3) is 5.91 Å². The van der Waals surface area contributed by atoms with Crippen LogP contribution in [0.2, 0.25) is 0 Å². The molecule has 1 unspecified atom stereocenters. The second-order valence-electron chi connectivity index (χ2n) is 5.89. The Morgan fingerprint density at radius 3 is 2.38 bits per heavy atom. The Bertz CT molecular complexity index is 814. The van der Waals surface area contributed by atoms with Crippen molar-refractivity contribution in [2.45, 2.75) is 12.3 Å². The van der Waals surface area contributed by atoms with Gasteiger partial charge < -0.3 is 10.4 Å². The highest BCUT2D eigenvalue weighted by Gasteiger charge is 2.13. The van der Waals surface area contributed by atoms with Gasteiger partial charge in [-0.3, -0.25) is 4.79 Å². The highest BCUT2D eigenvalue weighted by Crippen LogP contribution is 2.19. The average Bonchev–Trinajstić information content (AvgIpc) is 2.65. The number of amides is 1. The normalized spacial score (nSPS) is 12.0. The van der Waals surface area contributed by atoms with Gasteiger partial charge in [0.15, 0.2) is 0 Å². The zero-order chi connectivity index (χ0) is 16.8. The Balaban J connectivity index is 1.70. The monoisotopic (exact) mass is 319 g/mol. The molecule has 122 valence electrons. The number of hydrogen-bond acceptors (Lipinski definition) is 2. The number of hydrogen-bond donors (Lipinski definition) is 2. The third-order valence-corrected chi connectivity index (χ3v) is 4.27. The van der Waals surface area contributed by atoms with Crippen LogP contribution in [0.1, 0.15) is 28.3 Å². The fourth-order valence-corrected chi connectivity index (χ4v) is 2.92. The van der Waals surface area contributed by atoms with E-state index in [2.05, 4.69) is 5.32 Å². The molecule has 0 aliphatic carbocycles. The van der Waals surface area contributed by atoms with Crippen LogP contribution in [0.3, 0.4) is 0 Å². The van der Waals surface area contributed by atoms with Gasteiger partial charge in [0, 0.05) is 24.6 Å². The first-order valence-corrected chi connectivity index (χ1v) is 8.21. The second-order valence-corrected chi connectivity index (χ2v) is 5.89. The summed E-state index contributed by atoms with van der Waals surface area (Å²) in [5, 5.41) is 14.5. The smallest absolute Gasteiger partial charge is 0.251 e. The number of benzene rings is 3. The van der Waals surface area contributed by atoms with Crippen molar-refractivity contribution in [2.75, 3.05) is 13.2 Å². The molecule has 0 aliphatic heterocycles. The third-order valence-electron chi connectivity index (χ3n) is 4.27. The van der Waals surface area contributed by atoms with Crippen LogP contribution in [-0.2, 0) is 0 Å². The number of carbonyl (C=O) groups excluding carboxylic acids is 1. The molecule has 0 fully saturated rings. The molecule has 0 spiro atoms. The number of aliphatic hydroxyl groups excluding tert-OH is 1. The van der Waals surface area contributed by atoms with Gasteiger partial charge >= 0.3 is 0 Å². The van der Waals surface area contributed by atoms with Crippen LogP contribution < -0.4 is 5.32 Å². The van der Waals surface area contributed by atoms with Gasteiger partial charge in [0.05, 0.1) is 0 Å². The minimum absolute atomic E-state index is 0.0837. The number of fused-ring (bicyclic) bond motifs is 1. The summed E-state index contributed by atoms with van der Waals surface area (Å²) < 4.78 is 0. The van der Waals surface area contributed by atoms with Crippen LogP contribution in [0, 0.1) is 0 Å². The van der Waals surface area contributed by atoms with Gasteiger partial charge in [-0.05, 0) is 34.9 Å². The molecule has 0 bridgehead atoms. The maximum absolute atomic E-state index is 12.5. The van der Waals surface area contributed by atoms with Crippen molar-refractivity contribution >= 4 is 16.7 Å². The summed E-state index contributed by atoms with van der Waals surface area (Å²) in [5.41, 5.74) is 1.79. The molecular formula is C21H21NO2. The molecule has 3 aromatic rings. The van der Waals surface area contributed by atoms with Crippen molar-refractivity contribution in [3.8, 4) is 0 Å². The summed E-state index contributed by atoms with van der Waals surface area (Å²) in [6.07, 6.45) is 0.627. The first-order valence-electron chi connectivity index (χ1n) is 8.21. The van der Waals surface area contributed by atoms with Crippen molar-refractivity contribution in [3.05, 3.63) is 83.9 Å². The Morgan fingerprint density at radius 1 is 0.917 bits per heavy atom. The van der Waals surface area contributed by atoms with E-state index in [4.69, 9.17) is 0 Å². The Hall–Kier alpha value is -2.65. The fourth-order valence-electron chi connectivity index (χ4n) is 2.92. The molecule has 3 heteroatoms. The molecule has 3 aromatic carbocycles. The van der Waals surface area contributed by atoms with Gasteiger partial charge in [-0.1, -0.05) is 60.7 Å². The lowest BCUT2D eigenvalue weighted by atomic mass is 9.96. The molecule has 3 nitrogen and oxygen atoms in total. The van der Waals surface area contributed by atoms with Crippen molar-refractivity contribution in [2.24, 2.45) is 0 Å². The summed E-state index contributed by atoms with van der Waals surface area (Å²) in [6, 6.07) is 23.7. The van der Waals surface area contributed by atoms with Crippen molar-refractivity contribution in [1.82, 2.24) is 5.32 Å². The number of nitrogens with one attached hydrogen (secondary N) is 1. The van der Waals surface area contributed by atoms with Gasteiger partial charge in [0.2, 0.25) is 0 Å². The molecule has 24 heavy (non-hydrogen) atoms. The summed E-state index contributed by atoms with van der Waals surface area (Å²) >= 11 is 0. The van der Waals surface area contributed by atoms with Crippen molar-refractivity contribution in [3.63, 3.8) is 0 Å². The van der Waals surface area contributed by atoms with E-state index < -0.39 is 0 Å². The third kappa shape index (κ3) is 3.81. The first-order chi connectivity index (χ1) is 11.8. The average molecular weight is 319 g/mol.